The third-order valence-electron chi connectivity index (χ3n) is 2.69. The third-order valence-corrected chi connectivity index (χ3v) is 3.56. The maximum Gasteiger partial charge on any atom is 1.00 e. The van der Waals surface area contributed by atoms with Crippen molar-refractivity contribution in [2.75, 3.05) is 0 Å². The van der Waals surface area contributed by atoms with Gasteiger partial charge in [0.15, 0.2) is 11.6 Å². The average molecular weight is 300 g/mol. The second kappa shape index (κ2) is 6.60. The number of Topliss-reactive ketones (excluding diaryl/α,β-unsaturated/α-hetero) is 2. The van der Waals surface area contributed by atoms with E-state index in [2.05, 4.69) is 0 Å². The second-order valence-electron chi connectivity index (χ2n) is 3.94. The average Bonchev–Trinajstić information content (AvgIpc) is 2.38. The van der Waals surface area contributed by atoms with E-state index in [4.69, 9.17) is 0 Å². The smallest absolute Gasteiger partial charge is 0.744 e. The molecule has 0 spiro atoms. The molecule has 0 bridgehead atoms. The van der Waals surface area contributed by atoms with Crippen LogP contribution in [0.15, 0.2) is 53.5 Å². The van der Waals surface area contributed by atoms with E-state index in [-0.39, 0.29) is 35.1 Å². The Kier molecular flexibility index (Phi) is 5.61. The summed E-state index contributed by atoms with van der Waals surface area (Å²) in [5, 5.41) is 0. The van der Waals surface area contributed by atoms with Crippen LogP contribution in [0.1, 0.15) is 10.4 Å². The van der Waals surface area contributed by atoms with Gasteiger partial charge in [-0.2, -0.15) is 0 Å². The topological polar surface area (TPSA) is 91.3 Å². The molecule has 1 aliphatic carbocycles. The fraction of sp³-hybridized carbons (Fsp3) is 0.0769. The fourth-order valence-corrected chi connectivity index (χ4v) is 2.39. The van der Waals surface area contributed by atoms with E-state index in [1.807, 2.05) is 0 Å². The first kappa shape index (κ1) is 17.0. The predicted octanol–water partition coefficient (Wildman–Crippen LogP) is -1.94. The molecule has 0 saturated carbocycles. The molecule has 0 N–H and O–H groups in total. The summed E-state index contributed by atoms with van der Waals surface area (Å²) in [7, 11) is -4.87. The zero-order valence-electron chi connectivity index (χ0n) is 10.6. The van der Waals surface area contributed by atoms with Crippen LogP contribution in [-0.2, 0) is 14.9 Å². The van der Waals surface area contributed by atoms with E-state index < -0.39 is 32.5 Å². The largest absolute Gasteiger partial charge is 1.00 e. The molecule has 0 fully saturated rings. The maximum atomic E-state index is 12.1. The fourth-order valence-electron chi connectivity index (χ4n) is 1.77. The summed E-state index contributed by atoms with van der Waals surface area (Å²) < 4.78 is 32.7. The molecule has 98 valence electrons. The van der Waals surface area contributed by atoms with Crippen molar-refractivity contribution in [2.24, 2.45) is 5.92 Å². The van der Waals surface area contributed by atoms with Crippen LogP contribution in [0.3, 0.4) is 0 Å². The van der Waals surface area contributed by atoms with Crippen LogP contribution >= 0.6 is 0 Å². The summed E-state index contributed by atoms with van der Waals surface area (Å²) >= 11 is 0. The summed E-state index contributed by atoms with van der Waals surface area (Å²) in [5.74, 6) is -2.77. The predicted molar refractivity (Wildman–Crippen MR) is 66.2 cm³/mol. The van der Waals surface area contributed by atoms with Gasteiger partial charge in [0.25, 0.3) is 0 Å². The van der Waals surface area contributed by atoms with Gasteiger partial charge in [-0.15, -0.1) is 0 Å². The van der Waals surface area contributed by atoms with Crippen molar-refractivity contribution in [3.8, 4) is 0 Å². The number of allylic oxidation sites excluding steroid dienone is 4. The number of rotatable bonds is 3. The summed E-state index contributed by atoms with van der Waals surface area (Å²) in [4.78, 5) is 23.1. The molecule has 2 rings (SSSR count). The van der Waals surface area contributed by atoms with Crippen LogP contribution in [-0.4, -0.2) is 24.5 Å². The van der Waals surface area contributed by atoms with Crippen molar-refractivity contribution in [1.82, 2.24) is 0 Å². The molecule has 1 atom stereocenters. The van der Waals surface area contributed by atoms with Gasteiger partial charge in [0, 0.05) is 5.56 Å². The van der Waals surface area contributed by atoms with Crippen LogP contribution in [0, 0.1) is 5.92 Å². The maximum absolute atomic E-state index is 12.1. The Bertz CT molecular complexity index is 689. The Balaban J connectivity index is 0.00000200. The Labute approximate surface area is 138 Å². The number of hydrogen-bond donors (Lipinski definition) is 0. The zero-order valence-corrected chi connectivity index (χ0v) is 13.5. The molecule has 1 aromatic carbocycles. The van der Waals surface area contributed by atoms with Crippen LogP contribution in [0.25, 0.3) is 0 Å². The molecule has 20 heavy (non-hydrogen) atoms. The van der Waals surface area contributed by atoms with Crippen LogP contribution in [0.5, 0.6) is 0 Å². The first-order valence-electron chi connectivity index (χ1n) is 5.39. The Morgan fingerprint density at radius 2 is 1.75 bits per heavy atom. The van der Waals surface area contributed by atoms with Crippen molar-refractivity contribution in [2.45, 2.75) is 0 Å². The summed E-state index contributed by atoms with van der Waals surface area (Å²) in [6.07, 6.45) is 3.43. The standard InChI is InChI=1S/C13H10O5S.Na/c14-12(9-5-2-1-3-6-9)10-7-4-8-11(13(10)15)19(16,17)18;/h1-8,10H,(H,16,17,18);/q;+1/p-1. The Morgan fingerprint density at radius 1 is 1.15 bits per heavy atom. The van der Waals surface area contributed by atoms with Crippen molar-refractivity contribution in [3.63, 3.8) is 0 Å². The molecular weight excluding hydrogens is 291 g/mol. The van der Waals surface area contributed by atoms with Gasteiger partial charge in [0.05, 0.1) is 4.91 Å². The SMILES string of the molecule is O=C1C(S(=O)(=O)[O-])=CC=CC1C(=O)c1ccccc1.[Na+]. The van der Waals surface area contributed by atoms with Gasteiger partial charge in [-0.05, 0) is 6.08 Å². The number of carbonyl (C=O) groups is 2. The Hall–Kier alpha value is -1.05. The van der Waals surface area contributed by atoms with Gasteiger partial charge >= 0.3 is 29.6 Å². The van der Waals surface area contributed by atoms with Crippen molar-refractivity contribution >= 4 is 21.7 Å². The molecule has 0 aliphatic heterocycles. The molecule has 0 aromatic heterocycles. The third kappa shape index (κ3) is 3.53. The molecule has 1 aromatic rings. The molecule has 1 unspecified atom stereocenters. The number of ketones is 2. The Morgan fingerprint density at radius 3 is 2.30 bits per heavy atom. The van der Waals surface area contributed by atoms with Crippen molar-refractivity contribution in [1.29, 1.82) is 0 Å². The van der Waals surface area contributed by atoms with Gasteiger partial charge in [-0.3, -0.25) is 9.59 Å². The van der Waals surface area contributed by atoms with Gasteiger partial charge in [0.2, 0.25) is 0 Å². The van der Waals surface area contributed by atoms with E-state index in [1.54, 1.807) is 18.2 Å². The minimum atomic E-state index is -4.87. The van der Waals surface area contributed by atoms with E-state index in [1.165, 1.54) is 24.3 Å². The number of benzene rings is 1. The van der Waals surface area contributed by atoms with Gasteiger partial charge < -0.3 is 4.55 Å². The van der Waals surface area contributed by atoms with Crippen LogP contribution in [0.2, 0.25) is 0 Å². The molecule has 7 heteroatoms. The van der Waals surface area contributed by atoms with E-state index in [0.29, 0.717) is 0 Å². The monoisotopic (exact) mass is 300 g/mol. The van der Waals surface area contributed by atoms with Gasteiger partial charge in [0.1, 0.15) is 16.0 Å². The quantitative estimate of drug-likeness (QED) is 0.280. The minimum Gasteiger partial charge on any atom is -0.744 e. The van der Waals surface area contributed by atoms with E-state index in [0.717, 1.165) is 6.08 Å². The normalized spacial score (nSPS) is 18.1. The van der Waals surface area contributed by atoms with Crippen LogP contribution in [0.4, 0.5) is 0 Å². The summed E-state index contributed by atoms with van der Waals surface area (Å²) in [6, 6.07) is 8.01. The number of carbonyl (C=O) groups excluding carboxylic acids is 2. The molecule has 0 saturated heterocycles. The molecule has 0 heterocycles. The summed E-state index contributed by atoms with van der Waals surface area (Å²) in [6.45, 7) is 0. The van der Waals surface area contributed by atoms with Gasteiger partial charge in [-0.1, -0.05) is 42.5 Å². The van der Waals surface area contributed by atoms with Gasteiger partial charge in [-0.25, -0.2) is 8.42 Å². The number of hydrogen-bond acceptors (Lipinski definition) is 5. The zero-order chi connectivity index (χ0) is 14.0. The first-order valence-corrected chi connectivity index (χ1v) is 6.80. The molecular formula is C13H9NaO5S. The molecule has 0 radical (unpaired) electrons. The molecule has 0 amide bonds. The second-order valence-corrected chi connectivity index (χ2v) is 5.29. The molecule has 1 aliphatic rings. The summed E-state index contributed by atoms with van der Waals surface area (Å²) in [5.41, 5.74) is 0.287. The van der Waals surface area contributed by atoms with E-state index in [9.17, 15) is 22.6 Å². The van der Waals surface area contributed by atoms with Crippen LogP contribution < -0.4 is 29.6 Å². The van der Waals surface area contributed by atoms with Crippen molar-refractivity contribution < 1.29 is 52.1 Å². The molecule has 5 nitrogen and oxygen atoms in total. The van der Waals surface area contributed by atoms with E-state index >= 15 is 0 Å². The first-order chi connectivity index (χ1) is 8.91. The minimum absolute atomic E-state index is 0. The van der Waals surface area contributed by atoms with Crippen molar-refractivity contribution in [3.05, 3.63) is 59.0 Å².